The van der Waals surface area contributed by atoms with Crippen LogP contribution in [0.25, 0.3) is 0 Å². The number of carbonyl (C=O) groups excluding carboxylic acids is 1. The number of amides is 1. The fourth-order valence-electron chi connectivity index (χ4n) is 1.77. The SMILES string of the molecule is CCN1CN(Cc2ccc(F)cn2)CC1=O. The summed E-state index contributed by atoms with van der Waals surface area (Å²) in [7, 11) is 0. The lowest BCUT2D eigenvalue weighted by molar-refractivity contribution is -0.126. The first kappa shape index (κ1) is 11.0. The zero-order chi connectivity index (χ0) is 11.5. The molecule has 1 aromatic rings. The van der Waals surface area contributed by atoms with Crippen LogP contribution < -0.4 is 0 Å². The van der Waals surface area contributed by atoms with Crippen LogP contribution >= 0.6 is 0 Å². The third kappa shape index (κ3) is 2.36. The number of pyridine rings is 1. The van der Waals surface area contributed by atoms with Crippen molar-refractivity contribution in [3.05, 3.63) is 29.8 Å². The zero-order valence-electron chi connectivity index (χ0n) is 9.19. The van der Waals surface area contributed by atoms with Crippen LogP contribution in [0.1, 0.15) is 12.6 Å². The normalized spacial score (nSPS) is 17.1. The smallest absolute Gasteiger partial charge is 0.237 e. The minimum atomic E-state index is -0.337. The fourth-order valence-corrected chi connectivity index (χ4v) is 1.77. The fraction of sp³-hybridized carbons (Fsp3) is 0.455. The molecule has 5 heteroatoms. The molecule has 0 atom stereocenters. The summed E-state index contributed by atoms with van der Waals surface area (Å²) in [6.07, 6.45) is 1.20. The number of likely N-dealkylation sites (N-methyl/N-ethyl adjacent to an activating group) is 1. The summed E-state index contributed by atoms with van der Waals surface area (Å²) < 4.78 is 12.6. The molecule has 0 unspecified atom stereocenters. The third-order valence-corrected chi connectivity index (χ3v) is 2.64. The lowest BCUT2D eigenvalue weighted by atomic mass is 10.3. The summed E-state index contributed by atoms with van der Waals surface area (Å²) in [5.41, 5.74) is 0.784. The first-order valence-corrected chi connectivity index (χ1v) is 5.29. The average molecular weight is 223 g/mol. The van der Waals surface area contributed by atoms with Crippen LogP contribution in [-0.4, -0.2) is 40.4 Å². The van der Waals surface area contributed by atoms with Crippen LogP contribution in [0.4, 0.5) is 4.39 Å². The van der Waals surface area contributed by atoms with E-state index in [1.807, 2.05) is 11.8 Å². The number of aromatic nitrogens is 1. The van der Waals surface area contributed by atoms with E-state index in [-0.39, 0.29) is 11.7 Å². The van der Waals surface area contributed by atoms with Gasteiger partial charge in [0.15, 0.2) is 0 Å². The van der Waals surface area contributed by atoms with Crippen LogP contribution in [-0.2, 0) is 11.3 Å². The molecular formula is C11H14FN3O. The number of hydrogen-bond acceptors (Lipinski definition) is 3. The van der Waals surface area contributed by atoms with Gasteiger partial charge in [-0.2, -0.15) is 0 Å². The summed E-state index contributed by atoms with van der Waals surface area (Å²) in [6, 6.07) is 3.03. The van der Waals surface area contributed by atoms with Gasteiger partial charge in [0, 0.05) is 13.1 Å². The Kier molecular flexibility index (Phi) is 3.14. The topological polar surface area (TPSA) is 36.4 Å². The van der Waals surface area contributed by atoms with Crippen LogP contribution in [0.2, 0.25) is 0 Å². The van der Waals surface area contributed by atoms with Crippen molar-refractivity contribution < 1.29 is 9.18 Å². The Morgan fingerprint density at radius 3 is 2.88 bits per heavy atom. The van der Waals surface area contributed by atoms with Crippen molar-refractivity contribution >= 4 is 5.91 Å². The first-order valence-electron chi connectivity index (χ1n) is 5.29. The van der Waals surface area contributed by atoms with Gasteiger partial charge in [0.05, 0.1) is 25.1 Å². The van der Waals surface area contributed by atoms with E-state index < -0.39 is 0 Å². The molecule has 0 aromatic carbocycles. The monoisotopic (exact) mass is 223 g/mol. The molecule has 1 aromatic heterocycles. The molecule has 2 rings (SSSR count). The van der Waals surface area contributed by atoms with Gasteiger partial charge in [-0.05, 0) is 19.1 Å². The van der Waals surface area contributed by atoms with E-state index in [0.717, 1.165) is 12.2 Å². The molecule has 1 amide bonds. The van der Waals surface area contributed by atoms with Gasteiger partial charge >= 0.3 is 0 Å². The van der Waals surface area contributed by atoms with Crippen molar-refractivity contribution in [1.82, 2.24) is 14.8 Å². The largest absolute Gasteiger partial charge is 0.329 e. The minimum Gasteiger partial charge on any atom is -0.329 e. The Balaban J connectivity index is 1.96. The molecule has 86 valence electrons. The summed E-state index contributed by atoms with van der Waals surface area (Å²) in [6.45, 7) is 4.33. The standard InChI is InChI=1S/C11H14FN3O/c1-2-15-8-14(7-11(15)16)6-10-4-3-9(12)5-13-10/h3-5H,2,6-8H2,1H3. The Hall–Kier alpha value is -1.49. The molecule has 1 aliphatic rings. The molecule has 0 bridgehead atoms. The summed E-state index contributed by atoms with van der Waals surface area (Å²) in [4.78, 5) is 19.2. The predicted molar refractivity (Wildman–Crippen MR) is 56.9 cm³/mol. The van der Waals surface area contributed by atoms with E-state index in [2.05, 4.69) is 4.98 Å². The second kappa shape index (κ2) is 4.57. The second-order valence-corrected chi connectivity index (χ2v) is 3.85. The van der Waals surface area contributed by atoms with Gasteiger partial charge in [0.1, 0.15) is 5.82 Å². The Labute approximate surface area is 93.7 Å². The highest BCUT2D eigenvalue weighted by Crippen LogP contribution is 2.10. The quantitative estimate of drug-likeness (QED) is 0.762. The highest BCUT2D eigenvalue weighted by Gasteiger charge is 2.25. The minimum absolute atomic E-state index is 0.143. The van der Waals surface area contributed by atoms with E-state index in [0.29, 0.717) is 19.8 Å². The van der Waals surface area contributed by atoms with Gasteiger partial charge in [0.2, 0.25) is 5.91 Å². The first-order chi connectivity index (χ1) is 7.69. The molecule has 1 aliphatic heterocycles. The summed E-state index contributed by atoms with van der Waals surface area (Å²) >= 11 is 0. The van der Waals surface area contributed by atoms with Crippen molar-refractivity contribution in [2.75, 3.05) is 19.8 Å². The highest BCUT2D eigenvalue weighted by atomic mass is 19.1. The number of nitrogens with zero attached hydrogens (tertiary/aromatic N) is 3. The van der Waals surface area contributed by atoms with Gasteiger partial charge < -0.3 is 4.90 Å². The van der Waals surface area contributed by atoms with Crippen molar-refractivity contribution in [3.8, 4) is 0 Å². The van der Waals surface area contributed by atoms with Crippen molar-refractivity contribution in [1.29, 1.82) is 0 Å². The van der Waals surface area contributed by atoms with Gasteiger partial charge in [-0.1, -0.05) is 0 Å². The lowest BCUT2D eigenvalue weighted by Crippen LogP contribution is -2.26. The summed E-state index contributed by atoms with van der Waals surface area (Å²) in [5.74, 6) is -0.193. The van der Waals surface area contributed by atoms with Crippen molar-refractivity contribution in [3.63, 3.8) is 0 Å². The molecular weight excluding hydrogens is 209 g/mol. The second-order valence-electron chi connectivity index (χ2n) is 3.85. The molecule has 0 radical (unpaired) electrons. The Bertz CT molecular complexity index is 379. The van der Waals surface area contributed by atoms with Gasteiger partial charge in [0.25, 0.3) is 0 Å². The van der Waals surface area contributed by atoms with E-state index in [9.17, 15) is 9.18 Å². The van der Waals surface area contributed by atoms with Crippen molar-refractivity contribution in [2.45, 2.75) is 13.5 Å². The maximum atomic E-state index is 12.6. The maximum Gasteiger partial charge on any atom is 0.237 e. The number of halogens is 1. The third-order valence-electron chi connectivity index (χ3n) is 2.64. The van der Waals surface area contributed by atoms with Crippen LogP contribution in [0.5, 0.6) is 0 Å². The molecule has 2 heterocycles. The van der Waals surface area contributed by atoms with E-state index in [1.54, 1.807) is 11.0 Å². The van der Waals surface area contributed by atoms with Gasteiger partial charge in [-0.3, -0.25) is 14.7 Å². The zero-order valence-corrected chi connectivity index (χ0v) is 9.19. The molecule has 0 spiro atoms. The molecule has 1 saturated heterocycles. The molecule has 1 fully saturated rings. The van der Waals surface area contributed by atoms with Gasteiger partial charge in [-0.25, -0.2) is 4.39 Å². The lowest BCUT2D eigenvalue weighted by Gasteiger charge is -2.15. The highest BCUT2D eigenvalue weighted by molar-refractivity contribution is 5.79. The van der Waals surface area contributed by atoms with Crippen LogP contribution in [0, 0.1) is 5.82 Å². The number of rotatable bonds is 3. The summed E-state index contributed by atoms with van der Waals surface area (Å²) in [5, 5.41) is 0. The van der Waals surface area contributed by atoms with Crippen molar-refractivity contribution in [2.24, 2.45) is 0 Å². The molecule has 0 N–H and O–H groups in total. The Morgan fingerprint density at radius 1 is 1.50 bits per heavy atom. The maximum absolute atomic E-state index is 12.6. The Morgan fingerprint density at radius 2 is 2.31 bits per heavy atom. The molecule has 0 saturated carbocycles. The van der Waals surface area contributed by atoms with E-state index >= 15 is 0 Å². The van der Waals surface area contributed by atoms with Gasteiger partial charge in [-0.15, -0.1) is 0 Å². The number of carbonyl (C=O) groups is 1. The van der Waals surface area contributed by atoms with Crippen LogP contribution in [0.3, 0.4) is 0 Å². The molecule has 0 aliphatic carbocycles. The van der Waals surface area contributed by atoms with E-state index in [4.69, 9.17) is 0 Å². The molecule has 4 nitrogen and oxygen atoms in total. The number of hydrogen-bond donors (Lipinski definition) is 0. The molecule has 16 heavy (non-hydrogen) atoms. The van der Waals surface area contributed by atoms with Crippen LogP contribution in [0.15, 0.2) is 18.3 Å². The van der Waals surface area contributed by atoms with E-state index in [1.165, 1.54) is 12.3 Å². The average Bonchev–Trinajstić information content (AvgIpc) is 2.62. The predicted octanol–water partition coefficient (Wildman–Crippen LogP) is 0.842.